The highest BCUT2D eigenvalue weighted by molar-refractivity contribution is 6.00. The molecular weight excluding hydrogens is 248 g/mol. The smallest absolute Gasteiger partial charge is 0.255 e. The van der Waals surface area contributed by atoms with Crippen LogP contribution in [0.5, 0.6) is 0 Å². The van der Waals surface area contributed by atoms with Crippen LogP contribution in [0, 0.1) is 5.92 Å². The molecule has 0 saturated carbocycles. The van der Waals surface area contributed by atoms with Gasteiger partial charge in [0.25, 0.3) is 5.91 Å². The van der Waals surface area contributed by atoms with E-state index in [1.807, 2.05) is 17.0 Å². The van der Waals surface area contributed by atoms with Gasteiger partial charge in [0, 0.05) is 19.6 Å². The third-order valence-electron chi connectivity index (χ3n) is 4.58. The molecule has 1 saturated heterocycles. The van der Waals surface area contributed by atoms with Gasteiger partial charge < -0.3 is 10.2 Å². The van der Waals surface area contributed by atoms with Gasteiger partial charge in [0.15, 0.2) is 0 Å². The van der Waals surface area contributed by atoms with Crippen molar-refractivity contribution < 1.29 is 4.79 Å². The number of amides is 1. The van der Waals surface area contributed by atoms with Crippen molar-refractivity contribution in [2.24, 2.45) is 5.92 Å². The monoisotopic (exact) mass is 272 g/mol. The Morgan fingerprint density at radius 2 is 2.35 bits per heavy atom. The molecule has 1 fully saturated rings. The molecule has 0 radical (unpaired) electrons. The molecule has 1 amide bonds. The minimum Gasteiger partial charge on any atom is -0.384 e. The summed E-state index contributed by atoms with van der Waals surface area (Å²) in [5.41, 5.74) is 3.26. The summed E-state index contributed by atoms with van der Waals surface area (Å²) < 4.78 is 0. The van der Waals surface area contributed by atoms with Crippen LogP contribution in [-0.4, -0.2) is 30.4 Å². The minimum absolute atomic E-state index is 0.217. The summed E-state index contributed by atoms with van der Waals surface area (Å²) in [5, 5.41) is 3.42. The lowest BCUT2D eigenvalue weighted by molar-refractivity contribution is 0.0787. The molecule has 0 bridgehead atoms. The van der Waals surface area contributed by atoms with Crippen molar-refractivity contribution in [1.82, 2.24) is 4.90 Å². The van der Waals surface area contributed by atoms with E-state index in [1.54, 1.807) is 0 Å². The highest BCUT2D eigenvalue weighted by Gasteiger charge is 2.28. The minimum atomic E-state index is 0.217. The first-order valence-electron chi connectivity index (χ1n) is 7.94. The maximum absolute atomic E-state index is 12.8. The van der Waals surface area contributed by atoms with Crippen LogP contribution in [-0.2, 0) is 6.42 Å². The average molecular weight is 272 g/mol. The molecule has 1 unspecified atom stereocenters. The van der Waals surface area contributed by atoms with E-state index in [2.05, 4.69) is 18.3 Å². The number of rotatable bonds is 3. The van der Waals surface area contributed by atoms with Gasteiger partial charge in [0.05, 0.1) is 11.3 Å². The number of para-hydroxylation sites is 1. The molecule has 3 nitrogen and oxygen atoms in total. The lowest BCUT2D eigenvalue weighted by atomic mass is 9.99. The first kappa shape index (κ1) is 13.5. The first-order valence-corrected chi connectivity index (χ1v) is 7.94. The van der Waals surface area contributed by atoms with Crippen molar-refractivity contribution in [3.63, 3.8) is 0 Å². The number of fused-ring (bicyclic) bond motifs is 1. The maximum atomic E-state index is 12.8. The zero-order chi connectivity index (χ0) is 13.9. The SMILES string of the molecule is CCCC1CCN(C(=O)c2cccc3c2NCCC3)C1. The van der Waals surface area contributed by atoms with Gasteiger partial charge in [0.2, 0.25) is 0 Å². The fraction of sp³-hybridized carbons (Fsp3) is 0.588. The fourth-order valence-corrected chi connectivity index (χ4v) is 3.52. The Balaban J connectivity index is 1.78. The topological polar surface area (TPSA) is 32.3 Å². The van der Waals surface area contributed by atoms with E-state index in [4.69, 9.17) is 0 Å². The second-order valence-corrected chi connectivity index (χ2v) is 6.06. The fourth-order valence-electron chi connectivity index (χ4n) is 3.52. The van der Waals surface area contributed by atoms with Crippen LogP contribution < -0.4 is 5.32 Å². The highest BCUT2D eigenvalue weighted by atomic mass is 16.2. The van der Waals surface area contributed by atoms with E-state index in [0.29, 0.717) is 5.92 Å². The van der Waals surface area contributed by atoms with Crippen LogP contribution >= 0.6 is 0 Å². The molecule has 1 atom stereocenters. The Morgan fingerprint density at radius 3 is 3.20 bits per heavy atom. The molecule has 2 aliphatic rings. The summed E-state index contributed by atoms with van der Waals surface area (Å²) in [6.07, 6.45) is 5.88. The number of carbonyl (C=O) groups excluding carboxylic acids is 1. The van der Waals surface area contributed by atoms with E-state index >= 15 is 0 Å². The predicted molar refractivity (Wildman–Crippen MR) is 82.2 cm³/mol. The third-order valence-corrected chi connectivity index (χ3v) is 4.58. The van der Waals surface area contributed by atoms with E-state index in [9.17, 15) is 4.79 Å². The molecule has 1 aromatic carbocycles. The second-order valence-electron chi connectivity index (χ2n) is 6.06. The van der Waals surface area contributed by atoms with Crippen LogP contribution in [0.15, 0.2) is 18.2 Å². The highest BCUT2D eigenvalue weighted by Crippen LogP contribution is 2.29. The molecular formula is C17H24N2O. The summed E-state index contributed by atoms with van der Waals surface area (Å²) >= 11 is 0. The quantitative estimate of drug-likeness (QED) is 0.915. The van der Waals surface area contributed by atoms with Gasteiger partial charge >= 0.3 is 0 Å². The lowest BCUT2D eigenvalue weighted by Crippen LogP contribution is -2.30. The third kappa shape index (κ3) is 2.54. The van der Waals surface area contributed by atoms with E-state index < -0.39 is 0 Å². The van der Waals surface area contributed by atoms with Gasteiger partial charge in [-0.3, -0.25) is 4.79 Å². The van der Waals surface area contributed by atoms with Crippen LogP contribution in [0.1, 0.15) is 48.5 Å². The lowest BCUT2D eigenvalue weighted by Gasteiger charge is -2.23. The standard InChI is InChI=1S/C17H24N2O/c1-2-5-13-9-11-19(12-13)17(20)15-8-3-6-14-7-4-10-18-16(14)15/h3,6,8,13,18H,2,4-5,7,9-12H2,1H3. The predicted octanol–water partition coefficient (Wildman–Crippen LogP) is 3.31. The van der Waals surface area contributed by atoms with E-state index in [-0.39, 0.29) is 5.91 Å². The normalized spacial score (nSPS) is 21.4. The molecule has 0 aliphatic carbocycles. The van der Waals surface area contributed by atoms with E-state index in [0.717, 1.165) is 43.7 Å². The number of carbonyl (C=O) groups is 1. The number of hydrogen-bond donors (Lipinski definition) is 1. The van der Waals surface area contributed by atoms with Crippen molar-refractivity contribution in [1.29, 1.82) is 0 Å². The summed E-state index contributed by atoms with van der Waals surface area (Å²) in [7, 11) is 0. The number of aryl methyl sites for hydroxylation is 1. The summed E-state index contributed by atoms with van der Waals surface area (Å²) in [6.45, 7) is 5.07. The van der Waals surface area contributed by atoms with Gasteiger partial charge in [-0.25, -0.2) is 0 Å². The molecule has 2 aliphatic heterocycles. The Labute approximate surface area is 121 Å². The zero-order valence-electron chi connectivity index (χ0n) is 12.3. The number of anilines is 1. The van der Waals surface area contributed by atoms with Crippen molar-refractivity contribution in [2.45, 2.75) is 39.0 Å². The largest absolute Gasteiger partial charge is 0.384 e. The molecule has 1 aromatic rings. The molecule has 1 N–H and O–H groups in total. The number of benzene rings is 1. The maximum Gasteiger partial charge on any atom is 0.255 e. The zero-order valence-corrected chi connectivity index (χ0v) is 12.3. The second kappa shape index (κ2) is 5.86. The van der Waals surface area contributed by atoms with E-state index in [1.165, 1.54) is 24.8 Å². The van der Waals surface area contributed by atoms with Crippen molar-refractivity contribution >= 4 is 11.6 Å². The van der Waals surface area contributed by atoms with Gasteiger partial charge in [-0.2, -0.15) is 0 Å². The van der Waals surface area contributed by atoms with Crippen LogP contribution in [0.3, 0.4) is 0 Å². The van der Waals surface area contributed by atoms with Crippen molar-refractivity contribution in [2.75, 3.05) is 25.0 Å². The molecule has 2 heterocycles. The molecule has 108 valence electrons. The van der Waals surface area contributed by atoms with Crippen molar-refractivity contribution in [3.8, 4) is 0 Å². The number of nitrogens with zero attached hydrogens (tertiary/aromatic N) is 1. The average Bonchev–Trinajstić information content (AvgIpc) is 2.95. The molecule has 3 rings (SSSR count). The van der Waals surface area contributed by atoms with Crippen LogP contribution in [0.4, 0.5) is 5.69 Å². The number of likely N-dealkylation sites (tertiary alicyclic amines) is 1. The summed E-state index contributed by atoms with van der Waals surface area (Å²) in [5.74, 6) is 0.923. The molecule has 3 heteroatoms. The van der Waals surface area contributed by atoms with Crippen molar-refractivity contribution in [3.05, 3.63) is 29.3 Å². The van der Waals surface area contributed by atoms with Crippen LogP contribution in [0.25, 0.3) is 0 Å². The molecule has 0 spiro atoms. The van der Waals surface area contributed by atoms with Gasteiger partial charge in [0.1, 0.15) is 0 Å². The van der Waals surface area contributed by atoms with Crippen LogP contribution in [0.2, 0.25) is 0 Å². The number of nitrogens with one attached hydrogen (secondary N) is 1. The Hall–Kier alpha value is -1.51. The Morgan fingerprint density at radius 1 is 1.45 bits per heavy atom. The van der Waals surface area contributed by atoms with Gasteiger partial charge in [-0.05, 0) is 43.2 Å². The summed E-state index contributed by atoms with van der Waals surface area (Å²) in [6, 6.07) is 6.15. The summed E-state index contributed by atoms with van der Waals surface area (Å²) in [4.78, 5) is 14.8. The first-order chi connectivity index (χ1) is 9.79. The van der Waals surface area contributed by atoms with Gasteiger partial charge in [-0.1, -0.05) is 25.5 Å². The number of hydrogen-bond acceptors (Lipinski definition) is 2. The Bertz CT molecular complexity index is 498. The molecule has 0 aromatic heterocycles. The van der Waals surface area contributed by atoms with Gasteiger partial charge in [-0.15, -0.1) is 0 Å². The Kier molecular flexibility index (Phi) is 3.95. The molecule has 20 heavy (non-hydrogen) atoms.